The van der Waals surface area contributed by atoms with Crippen LogP contribution in [-0.2, 0) is 16.0 Å². The van der Waals surface area contributed by atoms with Crippen molar-refractivity contribution in [3.63, 3.8) is 0 Å². The minimum absolute atomic E-state index is 0.137. The van der Waals surface area contributed by atoms with Gasteiger partial charge in [0.25, 0.3) is 11.7 Å². The normalized spacial score (nSPS) is 18.0. The van der Waals surface area contributed by atoms with Crippen molar-refractivity contribution >= 4 is 17.4 Å². The maximum Gasteiger partial charge on any atom is 0.295 e. The average Bonchev–Trinajstić information content (AvgIpc) is 3.04. The lowest BCUT2D eigenvalue weighted by molar-refractivity contribution is -0.139. The van der Waals surface area contributed by atoms with Crippen molar-refractivity contribution in [1.29, 1.82) is 0 Å². The van der Waals surface area contributed by atoms with Crippen molar-refractivity contribution in [3.8, 4) is 0 Å². The molecule has 3 aromatic carbocycles. The molecule has 4 nitrogen and oxygen atoms in total. The fourth-order valence-electron chi connectivity index (χ4n) is 3.85. The number of amides is 1. The third kappa shape index (κ3) is 3.77. The Labute approximate surface area is 176 Å². The van der Waals surface area contributed by atoms with E-state index in [1.165, 1.54) is 0 Å². The van der Waals surface area contributed by atoms with Gasteiger partial charge in [-0.2, -0.15) is 0 Å². The Morgan fingerprint density at radius 2 is 1.47 bits per heavy atom. The van der Waals surface area contributed by atoms with Crippen molar-refractivity contribution < 1.29 is 14.7 Å². The molecule has 0 aromatic heterocycles. The number of carbonyl (C=O) groups excluding carboxylic acids is 2. The summed E-state index contributed by atoms with van der Waals surface area (Å²) in [4.78, 5) is 27.5. The van der Waals surface area contributed by atoms with Crippen molar-refractivity contribution in [2.75, 3.05) is 6.54 Å². The van der Waals surface area contributed by atoms with Crippen LogP contribution in [0.5, 0.6) is 0 Å². The lowest BCUT2D eigenvalue weighted by Crippen LogP contribution is -2.31. The van der Waals surface area contributed by atoms with E-state index in [2.05, 4.69) is 0 Å². The molecular formula is C26H23NO3. The quantitative estimate of drug-likeness (QED) is 0.387. The molecule has 0 radical (unpaired) electrons. The average molecular weight is 397 g/mol. The highest BCUT2D eigenvalue weighted by Crippen LogP contribution is 2.39. The van der Waals surface area contributed by atoms with E-state index in [4.69, 9.17) is 0 Å². The number of benzene rings is 3. The molecule has 0 aliphatic carbocycles. The molecule has 1 heterocycles. The minimum atomic E-state index is -0.644. The van der Waals surface area contributed by atoms with Gasteiger partial charge in [-0.15, -0.1) is 0 Å². The summed E-state index contributed by atoms with van der Waals surface area (Å²) in [5, 5.41) is 11.0. The third-order valence-electron chi connectivity index (χ3n) is 5.46. The number of aryl methyl sites for hydroxylation is 1. The van der Waals surface area contributed by atoms with Crippen LogP contribution < -0.4 is 0 Å². The summed E-state index contributed by atoms with van der Waals surface area (Å²) in [7, 11) is 0. The molecule has 1 fully saturated rings. The lowest BCUT2D eigenvalue weighted by Gasteiger charge is -2.25. The van der Waals surface area contributed by atoms with Crippen molar-refractivity contribution in [2.45, 2.75) is 19.4 Å². The highest BCUT2D eigenvalue weighted by Gasteiger charge is 2.45. The summed E-state index contributed by atoms with van der Waals surface area (Å²) in [6.45, 7) is 2.37. The van der Waals surface area contributed by atoms with Crippen LogP contribution in [0.1, 0.15) is 28.3 Å². The number of carbonyl (C=O) groups is 2. The number of aliphatic hydroxyl groups excluding tert-OH is 1. The van der Waals surface area contributed by atoms with Gasteiger partial charge in [-0.05, 0) is 24.5 Å². The Morgan fingerprint density at radius 3 is 2.10 bits per heavy atom. The number of hydrogen-bond acceptors (Lipinski definition) is 3. The van der Waals surface area contributed by atoms with E-state index in [-0.39, 0.29) is 11.3 Å². The monoisotopic (exact) mass is 397 g/mol. The van der Waals surface area contributed by atoms with E-state index in [0.29, 0.717) is 18.5 Å². The van der Waals surface area contributed by atoms with Gasteiger partial charge in [-0.25, -0.2) is 0 Å². The first-order valence-electron chi connectivity index (χ1n) is 10.0. The number of likely N-dealkylation sites (tertiary alicyclic amines) is 1. The van der Waals surface area contributed by atoms with Crippen LogP contribution in [0.4, 0.5) is 0 Å². The third-order valence-corrected chi connectivity index (χ3v) is 5.46. The van der Waals surface area contributed by atoms with E-state index in [1.54, 1.807) is 29.2 Å². The van der Waals surface area contributed by atoms with Gasteiger partial charge in [-0.3, -0.25) is 9.59 Å². The highest BCUT2D eigenvalue weighted by atomic mass is 16.3. The number of hydrogen-bond donors (Lipinski definition) is 1. The maximum absolute atomic E-state index is 13.0. The molecule has 1 saturated heterocycles. The molecule has 30 heavy (non-hydrogen) atoms. The van der Waals surface area contributed by atoms with E-state index < -0.39 is 17.7 Å². The van der Waals surface area contributed by atoms with Crippen LogP contribution >= 0.6 is 0 Å². The summed E-state index contributed by atoms with van der Waals surface area (Å²) in [6.07, 6.45) is 0.627. The van der Waals surface area contributed by atoms with Crippen LogP contribution in [-0.4, -0.2) is 28.2 Å². The Morgan fingerprint density at radius 1 is 0.867 bits per heavy atom. The van der Waals surface area contributed by atoms with Gasteiger partial charge in [0.1, 0.15) is 5.76 Å². The molecule has 1 amide bonds. The second kappa shape index (κ2) is 8.37. The van der Waals surface area contributed by atoms with Crippen LogP contribution in [0, 0.1) is 6.92 Å². The van der Waals surface area contributed by atoms with Gasteiger partial charge in [-0.1, -0.05) is 90.5 Å². The largest absolute Gasteiger partial charge is 0.507 e. The minimum Gasteiger partial charge on any atom is -0.507 e. The highest BCUT2D eigenvalue weighted by molar-refractivity contribution is 6.46. The lowest BCUT2D eigenvalue weighted by atomic mass is 9.94. The number of aliphatic hydroxyl groups is 1. The zero-order valence-corrected chi connectivity index (χ0v) is 16.8. The molecular weight excluding hydrogens is 374 g/mol. The predicted octanol–water partition coefficient (Wildman–Crippen LogP) is 4.66. The molecule has 1 unspecified atom stereocenters. The molecule has 4 rings (SSSR count). The summed E-state index contributed by atoms with van der Waals surface area (Å²) >= 11 is 0. The zero-order chi connectivity index (χ0) is 21.1. The molecule has 1 aliphatic heterocycles. The van der Waals surface area contributed by atoms with Crippen LogP contribution in [0.15, 0.2) is 90.5 Å². The van der Waals surface area contributed by atoms with Crippen molar-refractivity contribution in [3.05, 3.63) is 113 Å². The summed E-state index contributed by atoms with van der Waals surface area (Å²) in [5.41, 5.74) is 3.65. The summed E-state index contributed by atoms with van der Waals surface area (Å²) in [6, 6.07) is 25.9. The Kier molecular flexibility index (Phi) is 5.48. The summed E-state index contributed by atoms with van der Waals surface area (Å²) < 4.78 is 0. The van der Waals surface area contributed by atoms with Gasteiger partial charge in [0.2, 0.25) is 0 Å². The van der Waals surface area contributed by atoms with Crippen LogP contribution in [0.3, 0.4) is 0 Å². The first-order valence-corrected chi connectivity index (χ1v) is 10.0. The van der Waals surface area contributed by atoms with E-state index in [0.717, 1.165) is 16.7 Å². The van der Waals surface area contributed by atoms with E-state index >= 15 is 0 Å². The van der Waals surface area contributed by atoms with Crippen molar-refractivity contribution in [2.24, 2.45) is 0 Å². The zero-order valence-electron chi connectivity index (χ0n) is 16.8. The fraction of sp³-hybridized carbons (Fsp3) is 0.154. The maximum atomic E-state index is 13.0. The fourth-order valence-corrected chi connectivity index (χ4v) is 3.85. The Hall–Kier alpha value is -3.66. The SMILES string of the molecule is Cc1ccc(C2/C(=C(\O)c3ccccc3)C(=O)C(=O)N2CCc2ccccc2)cc1. The van der Waals surface area contributed by atoms with Gasteiger partial charge < -0.3 is 10.0 Å². The first-order chi connectivity index (χ1) is 14.6. The topological polar surface area (TPSA) is 57.6 Å². The van der Waals surface area contributed by atoms with Gasteiger partial charge in [0.05, 0.1) is 11.6 Å². The molecule has 0 spiro atoms. The number of Topliss-reactive ketones (excluding diaryl/α,β-unsaturated/α-hetero) is 1. The van der Waals surface area contributed by atoms with E-state index in [9.17, 15) is 14.7 Å². The van der Waals surface area contributed by atoms with Gasteiger partial charge >= 0.3 is 0 Å². The van der Waals surface area contributed by atoms with Crippen LogP contribution in [0.2, 0.25) is 0 Å². The van der Waals surface area contributed by atoms with Crippen LogP contribution in [0.25, 0.3) is 5.76 Å². The molecule has 0 saturated carbocycles. The summed E-state index contributed by atoms with van der Waals surface area (Å²) in [5.74, 6) is -1.36. The molecule has 1 N–H and O–H groups in total. The Balaban J connectivity index is 1.78. The molecule has 4 heteroatoms. The molecule has 1 atom stereocenters. The van der Waals surface area contributed by atoms with E-state index in [1.807, 2.05) is 67.6 Å². The number of rotatable bonds is 5. The Bertz CT molecular complexity index is 1090. The standard InChI is InChI=1S/C26H23NO3/c1-18-12-14-20(15-13-18)23-22(24(28)21-10-6-3-7-11-21)25(29)26(30)27(23)17-16-19-8-4-2-5-9-19/h2-15,23,28H,16-17H2,1H3/b24-22+. The smallest absolute Gasteiger partial charge is 0.295 e. The predicted molar refractivity (Wildman–Crippen MR) is 117 cm³/mol. The number of ketones is 1. The first kappa shape index (κ1) is 19.6. The second-order valence-corrected chi connectivity index (χ2v) is 7.50. The van der Waals surface area contributed by atoms with Crippen molar-refractivity contribution in [1.82, 2.24) is 4.90 Å². The van der Waals surface area contributed by atoms with Gasteiger partial charge in [0.15, 0.2) is 0 Å². The molecule has 1 aliphatic rings. The second-order valence-electron chi connectivity index (χ2n) is 7.50. The molecule has 0 bridgehead atoms. The molecule has 150 valence electrons. The number of nitrogens with zero attached hydrogens (tertiary/aromatic N) is 1. The molecule has 3 aromatic rings. The van der Waals surface area contributed by atoms with Gasteiger partial charge in [0, 0.05) is 12.1 Å².